The van der Waals surface area contributed by atoms with E-state index in [9.17, 15) is 5.11 Å². The Bertz CT molecular complexity index is 504. The SMILES string of the molecule is OC(Cc1ccoc1)C1OCCc2ccccc21. The van der Waals surface area contributed by atoms with Crippen LogP contribution in [0, 0.1) is 0 Å². The van der Waals surface area contributed by atoms with Crippen molar-refractivity contribution in [2.75, 3.05) is 6.61 Å². The summed E-state index contributed by atoms with van der Waals surface area (Å²) in [6.07, 6.45) is 3.99. The van der Waals surface area contributed by atoms with Crippen molar-refractivity contribution in [2.24, 2.45) is 0 Å². The van der Waals surface area contributed by atoms with Crippen LogP contribution in [0.4, 0.5) is 0 Å². The highest BCUT2D eigenvalue weighted by Crippen LogP contribution is 2.30. The number of hydrogen-bond donors (Lipinski definition) is 1. The fourth-order valence-corrected chi connectivity index (χ4v) is 2.50. The molecule has 2 unspecified atom stereocenters. The largest absolute Gasteiger partial charge is 0.472 e. The lowest BCUT2D eigenvalue weighted by Gasteiger charge is -2.29. The average Bonchev–Trinajstić information content (AvgIpc) is 2.91. The molecule has 2 heterocycles. The van der Waals surface area contributed by atoms with E-state index in [4.69, 9.17) is 9.15 Å². The average molecular weight is 244 g/mol. The summed E-state index contributed by atoms with van der Waals surface area (Å²) in [6, 6.07) is 10.0. The van der Waals surface area contributed by atoms with Gasteiger partial charge in [0.25, 0.3) is 0 Å². The summed E-state index contributed by atoms with van der Waals surface area (Å²) in [4.78, 5) is 0. The Hall–Kier alpha value is -1.58. The van der Waals surface area contributed by atoms with Gasteiger partial charge >= 0.3 is 0 Å². The molecule has 0 aliphatic carbocycles. The van der Waals surface area contributed by atoms with Gasteiger partial charge < -0.3 is 14.3 Å². The molecule has 1 aliphatic rings. The van der Waals surface area contributed by atoms with E-state index in [0.29, 0.717) is 13.0 Å². The first-order chi connectivity index (χ1) is 8.84. The zero-order valence-corrected chi connectivity index (χ0v) is 10.1. The van der Waals surface area contributed by atoms with Gasteiger partial charge in [0.05, 0.1) is 25.2 Å². The van der Waals surface area contributed by atoms with Crippen molar-refractivity contribution >= 4 is 0 Å². The molecule has 18 heavy (non-hydrogen) atoms. The minimum Gasteiger partial charge on any atom is -0.472 e. The Morgan fingerprint density at radius 2 is 2.17 bits per heavy atom. The lowest BCUT2D eigenvalue weighted by Crippen LogP contribution is -2.28. The lowest BCUT2D eigenvalue weighted by atomic mass is 9.92. The predicted molar refractivity (Wildman–Crippen MR) is 67.3 cm³/mol. The molecule has 0 saturated carbocycles. The van der Waals surface area contributed by atoms with Gasteiger partial charge in [-0.15, -0.1) is 0 Å². The number of aliphatic hydroxyl groups excluding tert-OH is 1. The first-order valence-corrected chi connectivity index (χ1v) is 6.23. The summed E-state index contributed by atoms with van der Waals surface area (Å²) < 4.78 is 10.8. The Balaban J connectivity index is 1.80. The zero-order chi connectivity index (χ0) is 12.4. The number of ether oxygens (including phenoxy) is 1. The predicted octanol–water partition coefficient (Wildman–Crippen LogP) is 2.50. The molecule has 3 nitrogen and oxygen atoms in total. The van der Waals surface area contributed by atoms with Crippen LogP contribution in [0.15, 0.2) is 47.3 Å². The van der Waals surface area contributed by atoms with E-state index in [1.165, 1.54) is 5.56 Å². The minimum absolute atomic E-state index is 0.232. The van der Waals surface area contributed by atoms with Crippen LogP contribution in [0.1, 0.15) is 22.8 Å². The Labute approximate surface area is 106 Å². The third-order valence-electron chi connectivity index (χ3n) is 3.40. The summed E-state index contributed by atoms with van der Waals surface area (Å²) in [6.45, 7) is 0.671. The molecule has 2 aromatic rings. The first-order valence-electron chi connectivity index (χ1n) is 6.23. The summed E-state index contributed by atoms with van der Waals surface area (Å²) >= 11 is 0. The number of rotatable bonds is 3. The van der Waals surface area contributed by atoms with Crippen LogP contribution in [0.3, 0.4) is 0 Å². The Morgan fingerprint density at radius 1 is 1.28 bits per heavy atom. The molecule has 1 aromatic carbocycles. The third kappa shape index (κ3) is 2.19. The van der Waals surface area contributed by atoms with Gasteiger partial charge in [0.1, 0.15) is 6.10 Å². The van der Waals surface area contributed by atoms with Gasteiger partial charge in [0.2, 0.25) is 0 Å². The van der Waals surface area contributed by atoms with Crippen LogP contribution in [0.2, 0.25) is 0 Å². The van der Waals surface area contributed by atoms with E-state index >= 15 is 0 Å². The maximum Gasteiger partial charge on any atom is 0.109 e. The monoisotopic (exact) mass is 244 g/mol. The Morgan fingerprint density at radius 3 is 3.00 bits per heavy atom. The van der Waals surface area contributed by atoms with E-state index in [1.54, 1.807) is 12.5 Å². The second kappa shape index (κ2) is 4.96. The molecule has 0 saturated heterocycles. The summed E-state index contributed by atoms with van der Waals surface area (Å²) in [5.74, 6) is 0. The van der Waals surface area contributed by atoms with Gasteiger partial charge in [-0.3, -0.25) is 0 Å². The molecule has 3 heteroatoms. The number of benzene rings is 1. The van der Waals surface area contributed by atoms with Gasteiger partial charge in [-0.05, 0) is 29.2 Å². The van der Waals surface area contributed by atoms with E-state index in [-0.39, 0.29) is 6.10 Å². The van der Waals surface area contributed by atoms with Crippen LogP contribution in [0.5, 0.6) is 0 Å². The van der Waals surface area contributed by atoms with Crippen molar-refractivity contribution in [1.29, 1.82) is 0 Å². The first kappa shape index (κ1) is 11.5. The van der Waals surface area contributed by atoms with Crippen LogP contribution in [0.25, 0.3) is 0 Å². The standard InChI is InChI=1S/C15H16O3/c16-14(9-11-5-7-17-10-11)15-13-4-2-1-3-12(13)6-8-18-15/h1-5,7,10,14-16H,6,8-9H2. The molecule has 0 bridgehead atoms. The molecule has 94 valence electrons. The van der Waals surface area contributed by atoms with Crippen molar-refractivity contribution < 1.29 is 14.3 Å². The molecule has 0 fully saturated rings. The highest BCUT2D eigenvalue weighted by Gasteiger charge is 2.27. The van der Waals surface area contributed by atoms with Gasteiger partial charge in [-0.1, -0.05) is 24.3 Å². The topological polar surface area (TPSA) is 42.6 Å². The van der Waals surface area contributed by atoms with Crippen LogP contribution in [-0.4, -0.2) is 17.8 Å². The normalized spacial score (nSPS) is 20.4. The molecule has 0 radical (unpaired) electrons. The maximum absolute atomic E-state index is 10.3. The van der Waals surface area contributed by atoms with Gasteiger partial charge in [0, 0.05) is 6.42 Å². The second-order valence-corrected chi connectivity index (χ2v) is 4.64. The van der Waals surface area contributed by atoms with Crippen molar-refractivity contribution in [3.63, 3.8) is 0 Å². The van der Waals surface area contributed by atoms with E-state index in [2.05, 4.69) is 6.07 Å². The zero-order valence-electron chi connectivity index (χ0n) is 10.1. The van der Waals surface area contributed by atoms with E-state index < -0.39 is 6.10 Å². The van der Waals surface area contributed by atoms with Crippen molar-refractivity contribution in [3.05, 3.63) is 59.5 Å². The minimum atomic E-state index is -0.538. The summed E-state index contributed by atoms with van der Waals surface area (Å²) in [5.41, 5.74) is 3.38. The molecule has 0 amide bonds. The van der Waals surface area contributed by atoms with Crippen LogP contribution < -0.4 is 0 Å². The lowest BCUT2D eigenvalue weighted by molar-refractivity contribution is -0.0461. The van der Waals surface area contributed by atoms with Gasteiger partial charge in [0.15, 0.2) is 0 Å². The third-order valence-corrected chi connectivity index (χ3v) is 3.40. The molecule has 1 N–H and O–H groups in total. The van der Waals surface area contributed by atoms with Gasteiger partial charge in [-0.25, -0.2) is 0 Å². The molecule has 2 atom stereocenters. The Kier molecular flexibility index (Phi) is 3.17. The highest BCUT2D eigenvalue weighted by atomic mass is 16.5. The van der Waals surface area contributed by atoms with E-state index in [1.807, 2.05) is 24.3 Å². The molecule has 1 aliphatic heterocycles. The van der Waals surface area contributed by atoms with Crippen molar-refractivity contribution in [2.45, 2.75) is 25.0 Å². The number of aliphatic hydroxyl groups is 1. The maximum atomic E-state index is 10.3. The fraction of sp³-hybridized carbons (Fsp3) is 0.333. The van der Waals surface area contributed by atoms with Crippen molar-refractivity contribution in [1.82, 2.24) is 0 Å². The molecule has 3 rings (SSSR count). The number of furan rings is 1. The number of hydrogen-bond acceptors (Lipinski definition) is 3. The molecule has 1 aromatic heterocycles. The summed E-state index contributed by atoms with van der Waals surface area (Å²) in [7, 11) is 0. The fourth-order valence-electron chi connectivity index (χ4n) is 2.50. The smallest absolute Gasteiger partial charge is 0.109 e. The number of fused-ring (bicyclic) bond motifs is 1. The molecule has 0 spiro atoms. The highest BCUT2D eigenvalue weighted by molar-refractivity contribution is 5.32. The van der Waals surface area contributed by atoms with Crippen LogP contribution >= 0.6 is 0 Å². The quantitative estimate of drug-likeness (QED) is 0.902. The molecular formula is C15H16O3. The van der Waals surface area contributed by atoms with Crippen molar-refractivity contribution in [3.8, 4) is 0 Å². The summed E-state index contributed by atoms with van der Waals surface area (Å²) in [5, 5.41) is 10.3. The van der Waals surface area contributed by atoms with Crippen LogP contribution in [-0.2, 0) is 17.6 Å². The van der Waals surface area contributed by atoms with Gasteiger partial charge in [-0.2, -0.15) is 0 Å². The molecular weight excluding hydrogens is 228 g/mol. The second-order valence-electron chi connectivity index (χ2n) is 4.64. The van der Waals surface area contributed by atoms with E-state index in [0.717, 1.165) is 17.5 Å².